The van der Waals surface area contributed by atoms with E-state index in [1.165, 1.54) is 18.0 Å². The third-order valence-corrected chi connectivity index (χ3v) is 2.97. The van der Waals surface area contributed by atoms with Crippen LogP contribution in [0.1, 0.15) is 23.8 Å². The van der Waals surface area contributed by atoms with E-state index in [2.05, 4.69) is 15.3 Å². The smallest absolute Gasteiger partial charge is 0.326 e. The largest absolute Gasteiger partial charge is 0.480 e. The first-order chi connectivity index (χ1) is 8.49. The molecule has 1 aromatic heterocycles. The van der Waals surface area contributed by atoms with E-state index >= 15 is 0 Å². The van der Waals surface area contributed by atoms with Gasteiger partial charge in [-0.15, -0.1) is 0 Å². The number of nitrogens with zero attached hydrogens (tertiary/aromatic N) is 2. The number of carboxylic acids is 1. The molecule has 0 unspecified atom stereocenters. The van der Waals surface area contributed by atoms with Gasteiger partial charge in [0.2, 0.25) is 0 Å². The first-order valence-electron chi connectivity index (χ1n) is 5.09. The predicted octanol–water partition coefficient (Wildman–Crippen LogP) is 1.44. The average Bonchev–Trinajstić information content (AvgIpc) is 2.35. The Kier molecular flexibility index (Phi) is 5.36. The number of rotatable bonds is 5. The van der Waals surface area contributed by atoms with Gasteiger partial charge in [0, 0.05) is 0 Å². The third kappa shape index (κ3) is 3.58. The number of aromatic nitrogens is 2. The molecule has 0 aliphatic rings. The van der Waals surface area contributed by atoms with Gasteiger partial charge in [-0.1, -0.05) is 30.3 Å². The fourth-order valence-electron chi connectivity index (χ4n) is 1.17. The van der Waals surface area contributed by atoms with Crippen LogP contribution in [0.3, 0.4) is 0 Å². The highest BCUT2D eigenvalue weighted by Crippen LogP contribution is 2.16. The van der Waals surface area contributed by atoms with Crippen LogP contribution in [-0.2, 0) is 4.79 Å². The average molecular weight is 290 g/mol. The number of carbonyl (C=O) groups excluding carboxylic acids is 1. The zero-order valence-electron chi connectivity index (χ0n) is 9.81. The molecule has 1 amide bonds. The molecule has 6 nitrogen and oxygen atoms in total. The molecule has 0 aliphatic heterocycles. The second-order valence-corrected chi connectivity index (χ2v) is 4.51. The first kappa shape index (κ1) is 14.7. The Hall–Kier alpha value is -1.34. The lowest BCUT2D eigenvalue weighted by molar-refractivity contribution is -0.139. The number of hydrogen-bond acceptors (Lipinski definition) is 5. The minimum atomic E-state index is -1.10. The van der Waals surface area contributed by atoms with E-state index in [9.17, 15) is 9.59 Å². The van der Waals surface area contributed by atoms with Crippen LogP contribution in [0.15, 0.2) is 11.4 Å². The van der Waals surface area contributed by atoms with Crippen molar-refractivity contribution in [2.45, 2.75) is 24.5 Å². The van der Waals surface area contributed by atoms with Crippen LogP contribution in [-0.4, -0.2) is 39.2 Å². The molecule has 98 valence electrons. The minimum absolute atomic E-state index is 0.0179. The molecule has 1 atom stereocenters. The SMILES string of the molecule is CC[C@@H](NC(=O)c1nc(SC)ncc1Cl)C(=O)O. The van der Waals surface area contributed by atoms with Crippen LogP contribution in [0, 0.1) is 0 Å². The van der Waals surface area contributed by atoms with Crippen LogP contribution in [0.5, 0.6) is 0 Å². The summed E-state index contributed by atoms with van der Waals surface area (Å²) in [5.41, 5.74) is -0.0179. The lowest BCUT2D eigenvalue weighted by Crippen LogP contribution is -2.40. The number of nitrogens with one attached hydrogen (secondary N) is 1. The van der Waals surface area contributed by atoms with E-state index in [4.69, 9.17) is 16.7 Å². The summed E-state index contributed by atoms with van der Waals surface area (Å²) in [6, 6.07) is -0.957. The summed E-state index contributed by atoms with van der Waals surface area (Å²) in [5, 5.41) is 11.7. The van der Waals surface area contributed by atoms with Crippen molar-refractivity contribution in [3.05, 3.63) is 16.9 Å². The number of thioether (sulfide) groups is 1. The maximum absolute atomic E-state index is 11.8. The number of halogens is 1. The van der Waals surface area contributed by atoms with Gasteiger partial charge in [-0.05, 0) is 12.7 Å². The van der Waals surface area contributed by atoms with Gasteiger partial charge in [0.05, 0.1) is 11.2 Å². The second-order valence-electron chi connectivity index (χ2n) is 3.33. The summed E-state index contributed by atoms with van der Waals surface area (Å²) < 4.78 is 0. The zero-order valence-corrected chi connectivity index (χ0v) is 11.4. The molecule has 2 N–H and O–H groups in total. The predicted molar refractivity (Wildman–Crippen MR) is 68.0 cm³/mol. The summed E-state index contributed by atoms with van der Waals surface area (Å²) in [7, 11) is 0. The van der Waals surface area contributed by atoms with E-state index in [1.54, 1.807) is 13.2 Å². The molecule has 8 heteroatoms. The van der Waals surface area contributed by atoms with Gasteiger partial charge in [0.25, 0.3) is 5.91 Å². The van der Waals surface area contributed by atoms with E-state index < -0.39 is 17.9 Å². The Balaban J connectivity index is 2.93. The first-order valence-corrected chi connectivity index (χ1v) is 6.70. The maximum Gasteiger partial charge on any atom is 0.326 e. The van der Waals surface area contributed by atoms with Crippen LogP contribution in [0.2, 0.25) is 5.02 Å². The Labute approximate surface area is 113 Å². The molecular weight excluding hydrogens is 278 g/mol. The maximum atomic E-state index is 11.8. The monoisotopic (exact) mass is 289 g/mol. The van der Waals surface area contributed by atoms with Crippen molar-refractivity contribution < 1.29 is 14.7 Å². The molecule has 1 aromatic rings. The van der Waals surface area contributed by atoms with Crippen molar-refractivity contribution >= 4 is 35.2 Å². The van der Waals surface area contributed by atoms with Crippen LogP contribution in [0.4, 0.5) is 0 Å². The quantitative estimate of drug-likeness (QED) is 0.629. The third-order valence-electron chi connectivity index (χ3n) is 2.13. The van der Waals surface area contributed by atoms with Crippen LogP contribution >= 0.6 is 23.4 Å². The van der Waals surface area contributed by atoms with Gasteiger partial charge in [-0.3, -0.25) is 4.79 Å². The van der Waals surface area contributed by atoms with Gasteiger partial charge in [-0.2, -0.15) is 0 Å². The highest BCUT2D eigenvalue weighted by atomic mass is 35.5. The molecule has 1 heterocycles. The standard InChI is InChI=1S/C10H12ClN3O3S/c1-3-6(9(16)17)13-8(15)7-5(11)4-12-10(14-7)18-2/h4,6H,3H2,1-2H3,(H,13,15)(H,16,17)/t6-/m1/s1. The number of aliphatic carboxylic acids is 1. The molecule has 0 aliphatic carbocycles. The Bertz CT molecular complexity index is 470. The molecule has 0 aromatic carbocycles. The Morgan fingerprint density at radius 2 is 2.28 bits per heavy atom. The zero-order chi connectivity index (χ0) is 13.7. The van der Waals surface area contributed by atoms with Crippen molar-refractivity contribution in [1.29, 1.82) is 0 Å². The Morgan fingerprint density at radius 1 is 1.61 bits per heavy atom. The lowest BCUT2D eigenvalue weighted by Gasteiger charge is -2.12. The molecule has 1 rings (SSSR count). The van der Waals surface area contributed by atoms with Gasteiger partial charge in [-0.25, -0.2) is 14.8 Å². The highest BCUT2D eigenvalue weighted by molar-refractivity contribution is 7.98. The number of amides is 1. The summed E-state index contributed by atoms with van der Waals surface area (Å²) >= 11 is 7.07. The van der Waals surface area contributed by atoms with Crippen molar-refractivity contribution in [2.75, 3.05) is 6.26 Å². The number of hydrogen-bond donors (Lipinski definition) is 2. The second kappa shape index (κ2) is 6.55. The highest BCUT2D eigenvalue weighted by Gasteiger charge is 2.21. The molecule has 0 spiro atoms. The van der Waals surface area contributed by atoms with Crippen LogP contribution < -0.4 is 5.32 Å². The van der Waals surface area contributed by atoms with Gasteiger partial charge in [0.1, 0.15) is 6.04 Å². The molecule has 0 fully saturated rings. The Morgan fingerprint density at radius 3 is 2.78 bits per heavy atom. The molecular formula is C10H12ClN3O3S. The van der Waals surface area contributed by atoms with Gasteiger partial charge >= 0.3 is 5.97 Å². The summed E-state index contributed by atoms with van der Waals surface area (Å²) in [4.78, 5) is 30.5. The summed E-state index contributed by atoms with van der Waals surface area (Å²) in [6.07, 6.45) is 3.35. The fourth-order valence-corrected chi connectivity index (χ4v) is 1.69. The fraction of sp³-hybridized carbons (Fsp3) is 0.400. The minimum Gasteiger partial charge on any atom is -0.480 e. The van der Waals surface area contributed by atoms with Crippen molar-refractivity contribution in [1.82, 2.24) is 15.3 Å². The van der Waals surface area contributed by atoms with E-state index in [0.29, 0.717) is 5.16 Å². The van der Waals surface area contributed by atoms with Crippen molar-refractivity contribution in [3.63, 3.8) is 0 Å². The van der Waals surface area contributed by atoms with E-state index in [0.717, 1.165) is 0 Å². The van der Waals surface area contributed by atoms with Gasteiger partial charge in [0.15, 0.2) is 10.9 Å². The normalized spacial score (nSPS) is 11.9. The van der Waals surface area contributed by atoms with Gasteiger partial charge < -0.3 is 10.4 Å². The molecule has 0 saturated carbocycles. The molecule has 0 radical (unpaired) electrons. The van der Waals surface area contributed by atoms with E-state index in [-0.39, 0.29) is 17.1 Å². The van der Waals surface area contributed by atoms with Crippen LogP contribution in [0.25, 0.3) is 0 Å². The number of carboxylic acid groups (broad SMARTS) is 1. The van der Waals surface area contributed by atoms with E-state index in [1.807, 2.05) is 0 Å². The van der Waals surface area contributed by atoms with Crippen molar-refractivity contribution in [3.8, 4) is 0 Å². The van der Waals surface area contributed by atoms with Crippen molar-refractivity contribution in [2.24, 2.45) is 0 Å². The summed E-state index contributed by atoms with van der Waals surface area (Å²) in [6.45, 7) is 1.66. The molecule has 0 bridgehead atoms. The lowest BCUT2D eigenvalue weighted by atomic mass is 10.2. The summed E-state index contributed by atoms with van der Waals surface area (Å²) in [5.74, 6) is -1.71. The number of carbonyl (C=O) groups is 2. The topological polar surface area (TPSA) is 92.2 Å². The molecule has 0 saturated heterocycles. The molecule has 18 heavy (non-hydrogen) atoms.